The summed E-state index contributed by atoms with van der Waals surface area (Å²) >= 11 is 11.8. The van der Waals surface area contributed by atoms with Crippen molar-refractivity contribution >= 4 is 34.9 Å². The Hall–Kier alpha value is -2.44. The lowest BCUT2D eigenvalue weighted by molar-refractivity contribution is 0.102. The van der Waals surface area contributed by atoms with E-state index < -0.39 is 0 Å². The third kappa shape index (κ3) is 3.39. The molecular formula is C16H13Cl2N5O. The topological polar surface area (TPSA) is 72.7 Å². The molecule has 0 aromatic carbocycles. The van der Waals surface area contributed by atoms with E-state index in [-0.39, 0.29) is 16.9 Å². The van der Waals surface area contributed by atoms with E-state index in [1.165, 1.54) is 6.20 Å². The van der Waals surface area contributed by atoms with Gasteiger partial charge < -0.3 is 5.32 Å². The third-order valence-corrected chi connectivity index (χ3v) is 3.80. The molecule has 3 aromatic heterocycles. The number of nitrogens with zero attached hydrogens (tertiary/aromatic N) is 4. The highest BCUT2D eigenvalue weighted by Gasteiger charge is 2.12. The van der Waals surface area contributed by atoms with E-state index >= 15 is 0 Å². The number of pyridine rings is 2. The molecule has 3 heterocycles. The summed E-state index contributed by atoms with van der Waals surface area (Å²) in [5.74, 6) is 0.465. The summed E-state index contributed by atoms with van der Waals surface area (Å²) in [5.41, 5.74) is 2.24. The second-order valence-electron chi connectivity index (χ2n) is 5.16. The van der Waals surface area contributed by atoms with Gasteiger partial charge in [0, 0.05) is 11.9 Å². The van der Waals surface area contributed by atoms with Crippen LogP contribution in [0.15, 0.2) is 36.5 Å². The van der Waals surface area contributed by atoms with Gasteiger partial charge in [0.1, 0.15) is 5.15 Å². The summed E-state index contributed by atoms with van der Waals surface area (Å²) in [4.78, 5) is 20.6. The lowest BCUT2D eigenvalue weighted by Gasteiger charge is -2.07. The van der Waals surface area contributed by atoms with Crippen molar-refractivity contribution < 1.29 is 4.79 Å². The average molecular weight is 362 g/mol. The molecule has 0 bridgehead atoms. The van der Waals surface area contributed by atoms with Crippen LogP contribution in [-0.4, -0.2) is 25.7 Å². The van der Waals surface area contributed by atoms with E-state index in [1.807, 2.05) is 19.9 Å². The van der Waals surface area contributed by atoms with Gasteiger partial charge in [0.15, 0.2) is 11.6 Å². The van der Waals surface area contributed by atoms with Gasteiger partial charge in [-0.2, -0.15) is 5.10 Å². The highest BCUT2D eigenvalue weighted by Crippen LogP contribution is 2.22. The quantitative estimate of drug-likeness (QED) is 0.719. The standard InChI is InChI=1S/C16H13Cl2N5O/c1-9-7-10(2)23(22-9)14-6-3-11(8-19-14)16(24)21-15-12(17)4-5-13(18)20-15/h3-8H,1-2H3,(H,20,21,24). The maximum Gasteiger partial charge on any atom is 0.258 e. The van der Waals surface area contributed by atoms with Gasteiger partial charge in [-0.25, -0.2) is 14.6 Å². The molecule has 0 unspecified atom stereocenters. The molecule has 6 nitrogen and oxygen atoms in total. The Morgan fingerprint density at radius 1 is 1.17 bits per heavy atom. The Labute approximate surface area is 148 Å². The van der Waals surface area contributed by atoms with Gasteiger partial charge in [-0.05, 0) is 44.2 Å². The van der Waals surface area contributed by atoms with Crippen LogP contribution in [0.2, 0.25) is 10.2 Å². The molecule has 122 valence electrons. The van der Waals surface area contributed by atoms with Crippen LogP contribution in [0.25, 0.3) is 5.82 Å². The van der Waals surface area contributed by atoms with Crippen LogP contribution in [0.4, 0.5) is 5.82 Å². The van der Waals surface area contributed by atoms with E-state index in [9.17, 15) is 4.79 Å². The molecule has 1 N–H and O–H groups in total. The summed E-state index contributed by atoms with van der Waals surface area (Å²) in [6, 6.07) is 8.45. The van der Waals surface area contributed by atoms with Crippen LogP contribution in [-0.2, 0) is 0 Å². The van der Waals surface area contributed by atoms with Crippen LogP contribution in [0.5, 0.6) is 0 Å². The third-order valence-electron chi connectivity index (χ3n) is 3.28. The Kier molecular flexibility index (Phi) is 4.51. The van der Waals surface area contributed by atoms with Gasteiger partial charge >= 0.3 is 0 Å². The fraction of sp³-hybridized carbons (Fsp3) is 0.125. The minimum absolute atomic E-state index is 0.205. The molecule has 0 atom stereocenters. The first-order valence-corrected chi connectivity index (χ1v) is 7.83. The van der Waals surface area contributed by atoms with Gasteiger partial charge in [-0.1, -0.05) is 23.2 Å². The number of aromatic nitrogens is 4. The number of hydrogen-bond donors (Lipinski definition) is 1. The fourth-order valence-corrected chi connectivity index (χ4v) is 2.49. The van der Waals surface area contributed by atoms with Crippen LogP contribution in [0.1, 0.15) is 21.7 Å². The molecule has 0 saturated carbocycles. The number of amides is 1. The van der Waals surface area contributed by atoms with Crippen molar-refractivity contribution in [1.29, 1.82) is 0 Å². The maximum atomic E-state index is 12.3. The minimum Gasteiger partial charge on any atom is -0.305 e. The van der Waals surface area contributed by atoms with E-state index in [0.717, 1.165) is 11.4 Å². The van der Waals surface area contributed by atoms with Crippen LogP contribution in [0, 0.1) is 13.8 Å². The Morgan fingerprint density at radius 3 is 2.58 bits per heavy atom. The molecule has 0 aliphatic rings. The summed E-state index contributed by atoms with van der Waals surface area (Å²) < 4.78 is 1.71. The number of hydrogen-bond acceptors (Lipinski definition) is 4. The molecule has 1 amide bonds. The first-order valence-electron chi connectivity index (χ1n) is 7.07. The summed E-state index contributed by atoms with van der Waals surface area (Å²) in [6.45, 7) is 3.85. The second-order valence-corrected chi connectivity index (χ2v) is 5.96. The number of carbonyl (C=O) groups is 1. The van der Waals surface area contributed by atoms with Gasteiger partial charge in [0.25, 0.3) is 5.91 Å². The molecule has 3 rings (SSSR count). The Balaban J connectivity index is 1.81. The van der Waals surface area contributed by atoms with E-state index in [0.29, 0.717) is 16.4 Å². The zero-order valence-electron chi connectivity index (χ0n) is 12.9. The number of carbonyl (C=O) groups excluding carboxylic acids is 1. The van der Waals surface area contributed by atoms with Crippen LogP contribution < -0.4 is 5.32 Å². The molecule has 0 saturated heterocycles. The molecule has 24 heavy (non-hydrogen) atoms. The average Bonchev–Trinajstić information content (AvgIpc) is 2.89. The zero-order valence-corrected chi connectivity index (χ0v) is 14.4. The van der Waals surface area contributed by atoms with E-state index in [1.54, 1.807) is 28.9 Å². The van der Waals surface area contributed by atoms with Gasteiger partial charge in [0.2, 0.25) is 0 Å². The summed E-state index contributed by atoms with van der Waals surface area (Å²) in [6.07, 6.45) is 1.47. The fourth-order valence-electron chi connectivity index (χ4n) is 2.19. The molecular weight excluding hydrogens is 349 g/mol. The smallest absolute Gasteiger partial charge is 0.258 e. The molecule has 0 spiro atoms. The largest absolute Gasteiger partial charge is 0.305 e. The van der Waals surface area contributed by atoms with Gasteiger partial charge in [-0.3, -0.25) is 4.79 Å². The lowest BCUT2D eigenvalue weighted by Crippen LogP contribution is -2.14. The molecule has 3 aromatic rings. The van der Waals surface area contributed by atoms with Crippen molar-refractivity contribution in [3.05, 3.63) is 63.7 Å². The molecule has 0 fully saturated rings. The normalized spacial score (nSPS) is 10.7. The number of nitrogens with one attached hydrogen (secondary N) is 1. The van der Waals surface area contributed by atoms with E-state index in [4.69, 9.17) is 23.2 Å². The predicted molar refractivity (Wildman–Crippen MR) is 93.0 cm³/mol. The second kappa shape index (κ2) is 6.59. The van der Waals surface area contributed by atoms with Crippen molar-refractivity contribution in [2.45, 2.75) is 13.8 Å². The van der Waals surface area contributed by atoms with Gasteiger partial charge in [-0.15, -0.1) is 0 Å². The first-order chi connectivity index (χ1) is 11.4. The van der Waals surface area contributed by atoms with Crippen molar-refractivity contribution in [2.75, 3.05) is 5.32 Å². The Morgan fingerprint density at radius 2 is 1.96 bits per heavy atom. The van der Waals surface area contributed by atoms with Crippen molar-refractivity contribution in [1.82, 2.24) is 19.7 Å². The first kappa shape index (κ1) is 16.4. The number of halogens is 2. The van der Waals surface area contributed by atoms with Crippen LogP contribution >= 0.6 is 23.2 Å². The van der Waals surface area contributed by atoms with Crippen molar-refractivity contribution in [3.63, 3.8) is 0 Å². The maximum absolute atomic E-state index is 12.3. The highest BCUT2D eigenvalue weighted by molar-refractivity contribution is 6.34. The minimum atomic E-state index is -0.376. The number of rotatable bonds is 3. The summed E-state index contributed by atoms with van der Waals surface area (Å²) in [7, 11) is 0. The lowest BCUT2D eigenvalue weighted by atomic mass is 10.2. The Bertz CT molecular complexity index is 905. The number of anilines is 1. The van der Waals surface area contributed by atoms with Gasteiger partial charge in [0.05, 0.1) is 16.3 Å². The van der Waals surface area contributed by atoms with Crippen molar-refractivity contribution in [2.24, 2.45) is 0 Å². The highest BCUT2D eigenvalue weighted by atomic mass is 35.5. The summed E-state index contributed by atoms with van der Waals surface area (Å²) in [5, 5.41) is 7.52. The monoisotopic (exact) mass is 361 g/mol. The van der Waals surface area contributed by atoms with E-state index in [2.05, 4.69) is 20.4 Å². The SMILES string of the molecule is Cc1cc(C)n(-c2ccc(C(=O)Nc3nc(Cl)ccc3Cl)cn2)n1. The number of aryl methyl sites for hydroxylation is 2. The predicted octanol–water partition coefficient (Wildman–Crippen LogP) is 3.84. The molecule has 0 radical (unpaired) electrons. The van der Waals surface area contributed by atoms with Crippen LogP contribution in [0.3, 0.4) is 0 Å². The van der Waals surface area contributed by atoms with Crippen molar-refractivity contribution in [3.8, 4) is 5.82 Å². The molecule has 0 aliphatic heterocycles. The molecule has 0 aliphatic carbocycles. The molecule has 8 heteroatoms. The zero-order chi connectivity index (χ0) is 17.3.